The SMILES string of the molecule is CN(c1cccc(F)c1)c1cc2c(cc1N)OCCO2. The van der Waals surface area contributed by atoms with E-state index in [0.29, 0.717) is 36.1 Å². The summed E-state index contributed by atoms with van der Waals surface area (Å²) in [4.78, 5) is 1.82. The molecule has 20 heavy (non-hydrogen) atoms. The van der Waals surface area contributed by atoms with Gasteiger partial charge in [0.2, 0.25) is 0 Å². The van der Waals surface area contributed by atoms with Crippen molar-refractivity contribution in [3.05, 3.63) is 42.2 Å². The zero-order valence-electron chi connectivity index (χ0n) is 11.1. The minimum atomic E-state index is -0.287. The highest BCUT2D eigenvalue weighted by Gasteiger charge is 2.17. The van der Waals surface area contributed by atoms with Crippen LogP contribution in [0.3, 0.4) is 0 Å². The van der Waals surface area contributed by atoms with E-state index in [1.165, 1.54) is 12.1 Å². The molecule has 3 rings (SSSR count). The van der Waals surface area contributed by atoms with Crippen molar-refractivity contribution in [1.29, 1.82) is 0 Å². The second kappa shape index (κ2) is 4.92. The molecular weight excluding hydrogens is 259 g/mol. The Morgan fingerprint density at radius 2 is 1.80 bits per heavy atom. The monoisotopic (exact) mass is 274 g/mol. The Morgan fingerprint density at radius 1 is 1.10 bits per heavy atom. The molecule has 0 aromatic heterocycles. The van der Waals surface area contributed by atoms with E-state index in [-0.39, 0.29) is 5.82 Å². The van der Waals surface area contributed by atoms with Crippen LogP contribution in [0, 0.1) is 5.82 Å². The van der Waals surface area contributed by atoms with Gasteiger partial charge in [-0.05, 0) is 18.2 Å². The number of nitrogen functional groups attached to an aromatic ring is 1. The van der Waals surface area contributed by atoms with E-state index in [1.54, 1.807) is 12.1 Å². The minimum Gasteiger partial charge on any atom is -0.486 e. The van der Waals surface area contributed by atoms with Crippen molar-refractivity contribution in [2.24, 2.45) is 0 Å². The Balaban J connectivity index is 2.01. The molecule has 0 atom stereocenters. The summed E-state index contributed by atoms with van der Waals surface area (Å²) < 4.78 is 24.3. The molecule has 0 aliphatic carbocycles. The first-order chi connectivity index (χ1) is 9.65. The summed E-state index contributed by atoms with van der Waals surface area (Å²) >= 11 is 0. The van der Waals surface area contributed by atoms with Gasteiger partial charge in [0.05, 0.1) is 11.4 Å². The van der Waals surface area contributed by atoms with Gasteiger partial charge in [0.1, 0.15) is 19.0 Å². The van der Waals surface area contributed by atoms with Crippen LogP contribution in [0.2, 0.25) is 0 Å². The number of hydrogen-bond acceptors (Lipinski definition) is 4. The molecule has 0 bridgehead atoms. The van der Waals surface area contributed by atoms with Gasteiger partial charge in [-0.3, -0.25) is 0 Å². The third-order valence-electron chi connectivity index (χ3n) is 3.25. The van der Waals surface area contributed by atoms with Crippen molar-refractivity contribution in [3.8, 4) is 11.5 Å². The molecular formula is C15H15FN2O2. The lowest BCUT2D eigenvalue weighted by molar-refractivity contribution is 0.172. The maximum absolute atomic E-state index is 13.3. The van der Waals surface area contributed by atoms with Gasteiger partial charge >= 0.3 is 0 Å². The minimum absolute atomic E-state index is 0.287. The van der Waals surface area contributed by atoms with Crippen LogP contribution in [0.25, 0.3) is 0 Å². The van der Waals surface area contributed by atoms with Crippen molar-refractivity contribution in [2.75, 3.05) is 30.9 Å². The molecule has 2 aromatic carbocycles. The summed E-state index contributed by atoms with van der Waals surface area (Å²) in [5.41, 5.74) is 8.07. The lowest BCUT2D eigenvalue weighted by atomic mass is 10.2. The van der Waals surface area contributed by atoms with Gasteiger partial charge in [-0.25, -0.2) is 4.39 Å². The Morgan fingerprint density at radius 3 is 2.50 bits per heavy atom. The number of anilines is 3. The standard InChI is InChI=1S/C15H15FN2O2/c1-18(11-4-2-3-10(16)7-11)13-9-15-14(8-12(13)17)19-5-6-20-15/h2-4,7-9H,5-6,17H2,1H3. The molecule has 1 aliphatic heterocycles. The van der Waals surface area contributed by atoms with Crippen LogP contribution < -0.4 is 20.1 Å². The Bertz CT molecular complexity index is 646. The summed E-state index contributed by atoms with van der Waals surface area (Å²) in [6, 6.07) is 9.89. The molecule has 1 aliphatic rings. The van der Waals surface area contributed by atoms with Gasteiger partial charge in [0.25, 0.3) is 0 Å². The fourth-order valence-electron chi connectivity index (χ4n) is 2.21. The smallest absolute Gasteiger partial charge is 0.163 e. The van der Waals surface area contributed by atoms with Crippen LogP contribution in [0.1, 0.15) is 0 Å². The van der Waals surface area contributed by atoms with Gasteiger partial charge in [-0.1, -0.05) is 6.07 Å². The average Bonchev–Trinajstić information content (AvgIpc) is 2.46. The van der Waals surface area contributed by atoms with E-state index >= 15 is 0 Å². The van der Waals surface area contributed by atoms with Crippen molar-refractivity contribution >= 4 is 17.1 Å². The van der Waals surface area contributed by atoms with Crippen LogP contribution in [-0.4, -0.2) is 20.3 Å². The zero-order valence-corrected chi connectivity index (χ0v) is 11.1. The lowest BCUT2D eigenvalue weighted by Gasteiger charge is -2.25. The number of halogens is 1. The second-order valence-electron chi connectivity index (χ2n) is 4.59. The fourth-order valence-corrected chi connectivity index (χ4v) is 2.21. The van der Waals surface area contributed by atoms with Crippen LogP contribution in [0.4, 0.5) is 21.5 Å². The van der Waals surface area contributed by atoms with E-state index in [9.17, 15) is 4.39 Å². The van der Waals surface area contributed by atoms with E-state index < -0.39 is 0 Å². The molecule has 0 radical (unpaired) electrons. The molecule has 0 saturated heterocycles. The third-order valence-corrected chi connectivity index (χ3v) is 3.25. The molecule has 2 aromatic rings. The van der Waals surface area contributed by atoms with Crippen LogP contribution in [0.15, 0.2) is 36.4 Å². The van der Waals surface area contributed by atoms with Crippen LogP contribution in [0.5, 0.6) is 11.5 Å². The summed E-state index contributed by atoms with van der Waals surface area (Å²) in [5, 5.41) is 0. The lowest BCUT2D eigenvalue weighted by Crippen LogP contribution is -2.17. The largest absolute Gasteiger partial charge is 0.486 e. The topological polar surface area (TPSA) is 47.7 Å². The molecule has 0 fully saturated rings. The highest BCUT2D eigenvalue weighted by Crippen LogP contribution is 2.40. The van der Waals surface area contributed by atoms with Crippen molar-refractivity contribution in [3.63, 3.8) is 0 Å². The first-order valence-corrected chi connectivity index (χ1v) is 6.33. The number of nitrogens with zero attached hydrogens (tertiary/aromatic N) is 1. The highest BCUT2D eigenvalue weighted by atomic mass is 19.1. The van der Waals surface area contributed by atoms with E-state index in [1.807, 2.05) is 24.1 Å². The summed E-state index contributed by atoms with van der Waals surface area (Å²) in [6.07, 6.45) is 0. The van der Waals surface area contributed by atoms with E-state index in [2.05, 4.69) is 0 Å². The van der Waals surface area contributed by atoms with E-state index in [0.717, 1.165) is 5.69 Å². The molecule has 5 heteroatoms. The van der Waals surface area contributed by atoms with Gasteiger partial charge in [-0.15, -0.1) is 0 Å². The first-order valence-electron chi connectivity index (χ1n) is 6.33. The maximum atomic E-state index is 13.3. The molecule has 104 valence electrons. The summed E-state index contributed by atoms with van der Waals surface area (Å²) in [6.45, 7) is 1.03. The predicted octanol–water partition coefficient (Wildman–Crippen LogP) is 2.95. The average molecular weight is 274 g/mol. The number of fused-ring (bicyclic) bond motifs is 1. The van der Waals surface area contributed by atoms with Crippen molar-refractivity contribution < 1.29 is 13.9 Å². The van der Waals surface area contributed by atoms with Gasteiger partial charge in [-0.2, -0.15) is 0 Å². The highest BCUT2D eigenvalue weighted by molar-refractivity contribution is 5.78. The van der Waals surface area contributed by atoms with Gasteiger partial charge < -0.3 is 20.1 Å². The molecule has 1 heterocycles. The zero-order chi connectivity index (χ0) is 14.1. The Hall–Kier alpha value is -2.43. The van der Waals surface area contributed by atoms with E-state index in [4.69, 9.17) is 15.2 Å². The fraction of sp³-hybridized carbons (Fsp3) is 0.200. The molecule has 4 nitrogen and oxygen atoms in total. The number of nitrogens with two attached hydrogens (primary N) is 1. The molecule has 0 amide bonds. The molecule has 0 spiro atoms. The Labute approximate surface area is 116 Å². The third kappa shape index (κ3) is 2.22. The van der Waals surface area contributed by atoms with Crippen molar-refractivity contribution in [1.82, 2.24) is 0 Å². The number of benzene rings is 2. The summed E-state index contributed by atoms with van der Waals surface area (Å²) in [5.74, 6) is 1.01. The van der Waals surface area contributed by atoms with Crippen molar-refractivity contribution in [2.45, 2.75) is 0 Å². The quantitative estimate of drug-likeness (QED) is 0.855. The predicted molar refractivity (Wildman–Crippen MR) is 76.3 cm³/mol. The normalized spacial score (nSPS) is 13.1. The first kappa shape index (κ1) is 12.6. The summed E-state index contributed by atoms with van der Waals surface area (Å²) in [7, 11) is 1.83. The second-order valence-corrected chi connectivity index (χ2v) is 4.59. The molecule has 0 unspecified atom stereocenters. The number of rotatable bonds is 2. The van der Waals surface area contributed by atoms with Crippen LogP contribution in [-0.2, 0) is 0 Å². The van der Waals surface area contributed by atoms with Gasteiger partial charge in [0, 0.05) is 24.9 Å². The number of hydrogen-bond donors (Lipinski definition) is 1. The Kier molecular flexibility index (Phi) is 3.10. The molecule has 0 saturated carbocycles. The molecule has 2 N–H and O–H groups in total. The van der Waals surface area contributed by atoms with Gasteiger partial charge in [0.15, 0.2) is 11.5 Å². The van der Waals surface area contributed by atoms with Crippen LogP contribution >= 0.6 is 0 Å². The maximum Gasteiger partial charge on any atom is 0.163 e. The number of ether oxygens (including phenoxy) is 2.